The van der Waals surface area contributed by atoms with Crippen LogP contribution in [0.2, 0.25) is 5.02 Å². The summed E-state index contributed by atoms with van der Waals surface area (Å²) in [5, 5.41) is 5.69. The number of ether oxygens (including phenoxy) is 2. The van der Waals surface area contributed by atoms with E-state index in [0.717, 1.165) is 5.56 Å². The highest BCUT2D eigenvalue weighted by molar-refractivity contribution is 6.30. The van der Waals surface area contributed by atoms with Gasteiger partial charge in [-0.25, -0.2) is 4.79 Å². The minimum Gasteiger partial charge on any atom is -0.489 e. The van der Waals surface area contributed by atoms with Crippen LogP contribution in [0.5, 0.6) is 5.75 Å². The van der Waals surface area contributed by atoms with Crippen LogP contribution in [0.1, 0.15) is 29.8 Å². The maximum absolute atomic E-state index is 12.1. The molecule has 0 radical (unpaired) electrons. The number of rotatable bonds is 9. The van der Waals surface area contributed by atoms with Crippen LogP contribution in [-0.4, -0.2) is 37.0 Å². The van der Waals surface area contributed by atoms with Crippen LogP contribution in [0.15, 0.2) is 48.5 Å². The molecule has 0 aliphatic carbocycles. The van der Waals surface area contributed by atoms with Gasteiger partial charge in [0, 0.05) is 11.6 Å². The summed E-state index contributed by atoms with van der Waals surface area (Å²) in [6.45, 7) is 3.66. The molecule has 0 aliphatic rings. The fourth-order valence-corrected chi connectivity index (χ4v) is 2.45. The zero-order valence-electron chi connectivity index (χ0n) is 16.2. The van der Waals surface area contributed by atoms with Crippen LogP contribution >= 0.6 is 11.6 Å². The van der Waals surface area contributed by atoms with E-state index in [2.05, 4.69) is 10.6 Å². The number of amides is 2. The molecule has 0 unspecified atom stereocenters. The fourth-order valence-electron chi connectivity index (χ4n) is 2.32. The van der Waals surface area contributed by atoms with Gasteiger partial charge in [-0.15, -0.1) is 0 Å². The molecule has 0 aromatic heterocycles. The number of hydrogen-bond donors (Lipinski definition) is 2. The minimum atomic E-state index is -0.707. The molecule has 2 aromatic rings. The first-order chi connectivity index (χ1) is 13.9. The maximum Gasteiger partial charge on any atom is 0.338 e. The van der Waals surface area contributed by atoms with E-state index in [9.17, 15) is 14.4 Å². The summed E-state index contributed by atoms with van der Waals surface area (Å²) in [6.07, 6.45) is 0. The van der Waals surface area contributed by atoms with E-state index in [4.69, 9.17) is 21.1 Å². The number of esters is 1. The lowest BCUT2D eigenvalue weighted by Gasteiger charge is -2.13. The molecule has 0 bridgehead atoms. The molecule has 154 valence electrons. The monoisotopic (exact) mass is 418 g/mol. The summed E-state index contributed by atoms with van der Waals surface area (Å²) in [5.74, 6) is -0.796. The van der Waals surface area contributed by atoms with E-state index < -0.39 is 24.5 Å². The second-order valence-electron chi connectivity index (χ2n) is 6.20. The largest absolute Gasteiger partial charge is 0.489 e. The van der Waals surface area contributed by atoms with Gasteiger partial charge in [-0.1, -0.05) is 23.7 Å². The number of likely N-dealkylation sites (N-methyl/N-ethyl adjacent to an activating group) is 1. The number of benzene rings is 2. The first kappa shape index (κ1) is 22.2. The van der Waals surface area contributed by atoms with Crippen LogP contribution in [0.4, 0.5) is 0 Å². The summed E-state index contributed by atoms with van der Waals surface area (Å²) in [5.41, 5.74) is 1.18. The Hall–Kier alpha value is -3.06. The first-order valence-corrected chi connectivity index (χ1v) is 9.48. The molecule has 2 aromatic carbocycles. The number of nitrogens with one attached hydrogen (secondary N) is 2. The Kier molecular flexibility index (Phi) is 8.48. The summed E-state index contributed by atoms with van der Waals surface area (Å²) in [7, 11) is 0. The molecule has 2 amide bonds. The van der Waals surface area contributed by atoms with Crippen LogP contribution in [-0.2, 0) is 20.9 Å². The molecule has 0 heterocycles. The highest BCUT2D eigenvalue weighted by atomic mass is 35.5. The predicted molar refractivity (Wildman–Crippen MR) is 109 cm³/mol. The van der Waals surface area contributed by atoms with Crippen molar-refractivity contribution < 1.29 is 23.9 Å². The molecule has 2 N–H and O–H groups in total. The van der Waals surface area contributed by atoms with E-state index in [-0.39, 0.29) is 5.91 Å². The molecular weight excluding hydrogens is 396 g/mol. The number of hydrogen-bond acceptors (Lipinski definition) is 5. The van der Waals surface area contributed by atoms with E-state index >= 15 is 0 Å². The summed E-state index contributed by atoms with van der Waals surface area (Å²) < 4.78 is 10.6. The quantitative estimate of drug-likeness (QED) is 0.611. The molecule has 0 fully saturated rings. The van der Waals surface area contributed by atoms with Gasteiger partial charge in [0.25, 0.3) is 5.91 Å². The van der Waals surface area contributed by atoms with Crippen LogP contribution in [0.25, 0.3) is 0 Å². The van der Waals surface area contributed by atoms with Gasteiger partial charge >= 0.3 is 5.97 Å². The van der Waals surface area contributed by atoms with E-state index in [1.54, 1.807) is 62.4 Å². The predicted octanol–water partition coefficient (Wildman–Crippen LogP) is 2.72. The van der Waals surface area contributed by atoms with Crippen LogP contribution in [0.3, 0.4) is 0 Å². The van der Waals surface area contributed by atoms with Gasteiger partial charge in [0.2, 0.25) is 5.91 Å². The van der Waals surface area contributed by atoms with Crippen molar-refractivity contribution in [2.45, 2.75) is 26.5 Å². The Morgan fingerprint density at radius 1 is 1.03 bits per heavy atom. The van der Waals surface area contributed by atoms with E-state index in [1.807, 2.05) is 0 Å². The molecule has 0 aliphatic heterocycles. The number of carbonyl (C=O) groups excluding carboxylic acids is 3. The second kappa shape index (κ2) is 11.1. The average molecular weight is 419 g/mol. The van der Waals surface area contributed by atoms with Gasteiger partial charge in [0.15, 0.2) is 6.61 Å². The highest BCUT2D eigenvalue weighted by Crippen LogP contribution is 2.17. The normalized spacial score (nSPS) is 11.3. The van der Waals surface area contributed by atoms with Crippen molar-refractivity contribution in [1.82, 2.24) is 10.6 Å². The van der Waals surface area contributed by atoms with Crippen LogP contribution in [0, 0.1) is 0 Å². The average Bonchev–Trinajstić information content (AvgIpc) is 2.72. The summed E-state index contributed by atoms with van der Waals surface area (Å²) >= 11 is 5.83. The molecule has 2 rings (SSSR count). The molecule has 29 heavy (non-hydrogen) atoms. The molecule has 0 spiro atoms. The molecule has 7 nitrogen and oxygen atoms in total. The zero-order valence-corrected chi connectivity index (χ0v) is 17.0. The Morgan fingerprint density at radius 3 is 2.31 bits per heavy atom. The van der Waals surface area contributed by atoms with Gasteiger partial charge in [-0.2, -0.15) is 0 Å². The number of halogens is 1. The third-order valence-corrected chi connectivity index (χ3v) is 4.12. The highest BCUT2D eigenvalue weighted by Gasteiger charge is 2.16. The Morgan fingerprint density at radius 2 is 1.69 bits per heavy atom. The Labute approximate surface area is 174 Å². The topological polar surface area (TPSA) is 93.7 Å². The number of carbonyl (C=O) groups is 3. The lowest BCUT2D eigenvalue weighted by molar-refractivity contribution is -0.130. The SMILES string of the molecule is CCNC(=O)[C@@H](C)NC(=O)COC(=O)c1ccc(COc2ccc(Cl)cc2)cc1. The van der Waals surface area contributed by atoms with Crippen LogP contribution < -0.4 is 15.4 Å². The van der Waals surface area contributed by atoms with Crippen molar-refractivity contribution in [3.05, 3.63) is 64.7 Å². The second-order valence-corrected chi connectivity index (χ2v) is 6.64. The third kappa shape index (κ3) is 7.46. The summed E-state index contributed by atoms with van der Waals surface area (Å²) in [4.78, 5) is 35.4. The Bertz CT molecular complexity index is 837. The van der Waals surface area contributed by atoms with Gasteiger partial charge in [-0.05, 0) is 55.8 Å². The molecular formula is C21H23ClN2O5. The smallest absolute Gasteiger partial charge is 0.338 e. The molecule has 0 saturated heterocycles. The third-order valence-electron chi connectivity index (χ3n) is 3.86. The zero-order chi connectivity index (χ0) is 21.2. The lowest BCUT2D eigenvalue weighted by Crippen LogP contribution is -2.46. The van der Waals surface area contributed by atoms with Crippen molar-refractivity contribution in [1.29, 1.82) is 0 Å². The van der Waals surface area contributed by atoms with Gasteiger partial charge < -0.3 is 20.1 Å². The van der Waals surface area contributed by atoms with Crippen molar-refractivity contribution in [3.8, 4) is 5.75 Å². The van der Waals surface area contributed by atoms with Gasteiger partial charge in [0.05, 0.1) is 5.56 Å². The Balaban J connectivity index is 1.78. The fraction of sp³-hybridized carbons (Fsp3) is 0.286. The lowest BCUT2D eigenvalue weighted by atomic mass is 10.1. The van der Waals surface area contributed by atoms with Crippen molar-refractivity contribution in [3.63, 3.8) is 0 Å². The summed E-state index contributed by atoms with van der Waals surface area (Å²) in [6, 6.07) is 13.0. The minimum absolute atomic E-state index is 0.302. The molecule has 8 heteroatoms. The van der Waals surface area contributed by atoms with Crippen molar-refractivity contribution in [2.24, 2.45) is 0 Å². The van der Waals surface area contributed by atoms with Crippen molar-refractivity contribution in [2.75, 3.05) is 13.2 Å². The van der Waals surface area contributed by atoms with E-state index in [0.29, 0.717) is 29.5 Å². The van der Waals surface area contributed by atoms with Gasteiger partial charge in [-0.3, -0.25) is 9.59 Å². The molecule has 1 atom stereocenters. The maximum atomic E-state index is 12.1. The van der Waals surface area contributed by atoms with Crippen molar-refractivity contribution >= 4 is 29.4 Å². The van der Waals surface area contributed by atoms with Gasteiger partial charge in [0.1, 0.15) is 18.4 Å². The first-order valence-electron chi connectivity index (χ1n) is 9.10. The molecule has 0 saturated carbocycles. The standard InChI is InChI=1S/C21H23ClN2O5/c1-3-23-20(26)14(2)24-19(25)13-29-21(27)16-6-4-15(5-7-16)12-28-18-10-8-17(22)9-11-18/h4-11,14H,3,12-13H2,1-2H3,(H,23,26)(H,24,25)/t14-/m1/s1. The van der Waals surface area contributed by atoms with E-state index in [1.165, 1.54) is 0 Å².